The fourth-order valence-corrected chi connectivity index (χ4v) is 18.5. The van der Waals surface area contributed by atoms with Gasteiger partial charge in [0, 0.05) is 106 Å². The summed E-state index contributed by atoms with van der Waals surface area (Å²) >= 11 is 0. The number of aromatic nitrogens is 8. The Morgan fingerprint density at radius 2 is 0.736 bits per heavy atom. The Hall–Kier alpha value is -10.8. The lowest BCUT2D eigenvalue weighted by Gasteiger charge is -2.32. The van der Waals surface area contributed by atoms with Crippen molar-refractivity contribution in [2.45, 2.75) is 170 Å². The molecule has 3 fully saturated rings. The summed E-state index contributed by atoms with van der Waals surface area (Å²) in [6, 6.07) is 19.4. The topological polar surface area (TPSA) is 369 Å². The van der Waals surface area contributed by atoms with E-state index in [9.17, 15) is 49.2 Å². The number of hydrogen-bond acceptors (Lipinski definition) is 32. The summed E-state index contributed by atoms with van der Waals surface area (Å²) in [5.41, 5.74) is 17.6. The molecule has 121 heavy (non-hydrogen) atoms. The maximum absolute atomic E-state index is 13.8. The first kappa shape index (κ1) is 89.4. The van der Waals surface area contributed by atoms with Crippen LogP contribution in [0.1, 0.15) is 181 Å². The van der Waals surface area contributed by atoms with Gasteiger partial charge in [-0.3, -0.25) is 20.0 Å². The van der Waals surface area contributed by atoms with Crippen molar-refractivity contribution in [3.63, 3.8) is 0 Å². The summed E-state index contributed by atoms with van der Waals surface area (Å²) in [6.45, 7) is 11.0. The Balaban J connectivity index is 0.000000146. The van der Waals surface area contributed by atoms with Crippen molar-refractivity contribution in [2.24, 2.45) is 25.7 Å². The van der Waals surface area contributed by atoms with E-state index < -0.39 is 41.7 Å². The summed E-state index contributed by atoms with van der Waals surface area (Å²) in [7, 11) is -18.2. The first-order valence-electron chi connectivity index (χ1n) is 39.1. The number of piperidine rings is 3. The molecule has 0 aliphatic carbocycles. The van der Waals surface area contributed by atoms with Crippen LogP contribution >= 0.6 is 0 Å². The highest BCUT2D eigenvalue weighted by atomic mass is 32.3. The van der Waals surface area contributed by atoms with Crippen molar-refractivity contribution in [1.29, 1.82) is 0 Å². The molecule has 0 amide bonds. The summed E-state index contributed by atoms with van der Waals surface area (Å²) in [4.78, 5) is 72.6. The molecule has 4 aromatic heterocycles. The maximum Gasteiger partial charge on any atom is 0.488 e. The zero-order valence-corrected chi connectivity index (χ0v) is 67.3. The summed E-state index contributed by atoms with van der Waals surface area (Å²) in [6.07, 6.45) is 23.4. The zero-order valence-electron chi connectivity index (χ0n) is 64.0. The fraction of sp³-hybridized carbons (Fsp3) is 0.457. The number of nitrogens with zero attached hydrogens (tertiary/aromatic N) is 20. The SMILES string of the molecule is C.C.C.C.CN(CN)c1cnc2c(n1)CN=C2N1CCCc2c(OS(=O)(=O)F)cccc21.O=S(=O)(F)Oc1ccc2c(c1)CCCN2C1=NCc2nc(N3CCCCC3)cnc21.O=S(=O)(F)Oc1cccc2c1CCCN2C1=NCc2nc(N3CCCCC3)cnc21.O=S(=O)(F)c1cccc2c1CCCN2C1=NCc2nc(N3CCCCC3)cnc21. The molecule has 0 saturated carbocycles. The third-order valence-corrected chi connectivity index (χ3v) is 24.1. The summed E-state index contributed by atoms with van der Waals surface area (Å²) in [5.74, 6) is 6.19. The molecule has 0 unspecified atom stereocenters. The Morgan fingerprint density at radius 1 is 0.388 bits per heavy atom. The largest absolute Gasteiger partial charge is 0.488 e. The number of aryl methyl sites for hydroxylation is 1. The summed E-state index contributed by atoms with van der Waals surface area (Å²) in [5, 5.41) is 0. The van der Waals surface area contributed by atoms with E-state index in [1.54, 1.807) is 47.6 Å². The lowest BCUT2D eigenvalue weighted by molar-refractivity contribution is 0.434. The second kappa shape index (κ2) is 37.7. The normalized spacial score (nSPS) is 17.4. The van der Waals surface area contributed by atoms with Gasteiger partial charge in [0.15, 0.2) is 34.8 Å². The standard InChI is InChI=1S/2C20H22FN5O3S.C20H22FN5O2S.C17H19FN6O3S.4CH4/c21-30(27,28)29-17-8-4-7-16-14(17)6-5-11-26(16)20-19-15(12-23-20)24-18(13-22-19)25-9-2-1-3-10-25;21-30(27,28)29-15-6-7-17-14(11-15)5-4-10-26(17)20-19-16(12-23-20)24-18(13-22-19)25-8-2-1-3-9-25;21-29(27,28)17-8-4-7-16-14(17)6-5-11-26(16)20-19-15(12-23-20)24-18(13-22-19)25-9-2-1-3-10-25;1-23(10-19)15-9-20-16-12(22-15)8-21-17(16)24-7-3-4-11-13(24)5-2-6-14(11)27-28(18,25)26;;;;/h4,7-8,13H,1-3,5-6,9-12H2;6-7,11,13H,1-5,8-10,12H2;4,7-8,13H,1-3,5-6,9-12H2;2,5-6,9H,3-4,7-8,10,19H2,1H3;4*1H4. The molecule has 32 nitrogen and oxygen atoms in total. The number of benzene rings is 4. The van der Waals surface area contributed by atoms with Gasteiger partial charge < -0.3 is 57.5 Å². The number of amidine groups is 4. The van der Waals surface area contributed by atoms with Gasteiger partial charge in [-0.2, -0.15) is 33.7 Å². The van der Waals surface area contributed by atoms with E-state index in [4.69, 9.17) is 30.7 Å². The van der Waals surface area contributed by atoms with Crippen LogP contribution in [0.5, 0.6) is 17.2 Å². The smallest absolute Gasteiger partial charge is 0.358 e. The van der Waals surface area contributed by atoms with Gasteiger partial charge in [-0.25, -0.2) is 39.9 Å². The van der Waals surface area contributed by atoms with Crippen LogP contribution in [0.4, 0.5) is 61.6 Å². The minimum absolute atomic E-state index is 0. The molecule has 0 spiro atoms. The number of rotatable bonds is 12. The number of halogens is 4. The van der Waals surface area contributed by atoms with Crippen molar-refractivity contribution in [1.82, 2.24) is 39.9 Å². The highest BCUT2D eigenvalue weighted by Crippen LogP contribution is 2.42. The molecule has 11 aliphatic rings. The molecule has 40 heteroatoms. The van der Waals surface area contributed by atoms with Gasteiger partial charge in [-0.05, 0) is 175 Å². The minimum Gasteiger partial charge on any atom is -0.358 e. The second-order valence-electron chi connectivity index (χ2n) is 29.6. The molecule has 2 N–H and O–H groups in total. The molecular weight excluding hydrogens is 1650 g/mol. The first-order chi connectivity index (χ1) is 56.4. The molecule has 648 valence electrons. The van der Waals surface area contributed by atoms with Gasteiger partial charge in [-0.15, -0.1) is 3.89 Å². The Kier molecular flexibility index (Phi) is 27.8. The van der Waals surface area contributed by atoms with Crippen molar-refractivity contribution in [3.05, 3.63) is 165 Å². The molecule has 3 saturated heterocycles. The lowest BCUT2D eigenvalue weighted by Crippen LogP contribution is -2.36. The molecule has 11 aliphatic heterocycles. The number of anilines is 8. The molecule has 0 bridgehead atoms. The fourth-order valence-electron chi connectivity index (χ4n) is 16.7. The number of hydrogen-bond donors (Lipinski definition) is 1. The average molecular weight is 1750 g/mol. The Morgan fingerprint density at radius 3 is 1.12 bits per heavy atom. The van der Waals surface area contributed by atoms with Gasteiger partial charge in [-0.1, -0.05) is 59.6 Å². The van der Waals surface area contributed by atoms with E-state index in [1.807, 2.05) is 52.3 Å². The highest BCUT2D eigenvalue weighted by molar-refractivity contribution is 7.86. The van der Waals surface area contributed by atoms with E-state index in [0.717, 1.165) is 157 Å². The monoisotopic (exact) mass is 1750 g/mol. The molecule has 19 rings (SSSR count). The van der Waals surface area contributed by atoms with Gasteiger partial charge in [0.2, 0.25) is 0 Å². The Labute approximate surface area is 705 Å². The van der Waals surface area contributed by atoms with Crippen LogP contribution < -0.4 is 57.5 Å². The molecule has 4 aromatic carbocycles. The molecule has 8 aromatic rings. The third kappa shape index (κ3) is 19.9. The van der Waals surface area contributed by atoms with E-state index >= 15 is 0 Å². The molecule has 15 heterocycles. The van der Waals surface area contributed by atoms with Crippen LogP contribution in [0.15, 0.2) is 122 Å². The second-order valence-corrected chi connectivity index (χ2v) is 33.8. The number of fused-ring (bicyclic) bond motifs is 8. The van der Waals surface area contributed by atoms with Crippen molar-refractivity contribution in [2.75, 3.05) is 118 Å². The van der Waals surface area contributed by atoms with Gasteiger partial charge >= 0.3 is 41.7 Å². The number of nitrogens with two attached hydrogens (primary N) is 1. The van der Waals surface area contributed by atoms with Crippen LogP contribution in [0.3, 0.4) is 0 Å². The van der Waals surface area contributed by atoms with Crippen LogP contribution in [0.2, 0.25) is 0 Å². The zero-order chi connectivity index (χ0) is 81.3. The minimum atomic E-state index is -5.10. The van der Waals surface area contributed by atoms with Gasteiger partial charge in [0.05, 0.1) is 80.4 Å². The maximum atomic E-state index is 13.8. The van der Waals surface area contributed by atoms with E-state index in [2.05, 4.69) is 67.1 Å². The molecule has 0 atom stereocenters. The predicted octanol–water partition coefficient (Wildman–Crippen LogP) is 12.1. The number of aliphatic imine (C=N–C) groups is 4. The average Bonchev–Trinajstić information content (AvgIpc) is 1.73. The van der Waals surface area contributed by atoms with Crippen molar-refractivity contribution >= 4 is 111 Å². The van der Waals surface area contributed by atoms with Crippen LogP contribution in [-0.4, -0.2) is 176 Å². The highest BCUT2D eigenvalue weighted by Gasteiger charge is 2.37. The van der Waals surface area contributed by atoms with E-state index in [1.165, 1.54) is 82.1 Å². The van der Waals surface area contributed by atoms with Gasteiger partial charge in [0.25, 0.3) is 0 Å². The van der Waals surface area contributed by atoms with Gasteiger partial charge in [0.1, 0.15) is 56.7 Å². The summed E-state index contributed by atoms with van der Waals surface area (Å²) < 4.78 is 155. The first-order valence-corrected chi connectivity index (χ1v) is 44.4. The lowest BCUT2D eigenvalue weighted by atomic mass is 10.00. The van der Waals surface area contributed by atoms with Crippen LogP contribution in [-0.2, 0) is 93.6 Å². The van der Waals surface area contributed by atoms with E-state index in [0.29, 0.717) is 130 Å². The third-order valence-electron chi connectivity index (χ3n) is 22.0. The van der Waals surface area contributed by atoms with E-state index in [-0.39, 0.29) is 51.9 Å². The predicted molar refractivity (Wildman–Crippen MR) is 460 cm³/mol. The van der Waals surface area contributed by atoms with Crippen molar-refractivity contribution < 1.29 is 61.8 Å². The quantitative estimate of drug-likeness (QED) is 0.0674. The van der Waals surface area contributed by atoms with Crippen LogP contribution in [0, 0.1) is 0 Å². The van der Waals surface area contributed by atoms with Crippen molar-refractivity contribution in [3.8, 4) is 17.2 Å². The molecular formula is C81H101F4N21O11S4. The van der Waals surface area contributed by atoms with Crippen LogP contribution in [0.25, 0.3) is 0 Å². The Bertz CT molecular complexity index is 5780. The molecule has 0 radical (unpaired) electrons.